The van der Waals surface area contributed by atoms with Crippen molar-refractivity contribution in [3.05, 3.63) is 53.5 Å². The SMILES string of the molecule is Nc1nc(Nc2ccc(N3CCN(C4CC5CCC4C5)CC3)cc2)nn1-c1ncnc2scc(-c3cccs3)c12. The number of rotatable bonds is 6. The summed E-state index contributed by atoms with van der Waals surface area (Å²) < 4.78 is 1.60. The maximum atomic E-state index is 6.34. The topological polar surface area (TPSA) is 101 Å². The number of benzene rings is 1. The van der Waals surface area contributed by atoms with Crippen LogP contribution in [0.25, 0.3) is 26.5 Å². The summed E-state index contributed by atoms with van der Waals surface area (Å²) in [6, 6.07) is 13.5. The van der Waals surface area contributed by atoms with Crippen molar-refractivity contribution in [1.82, 2.24) is 29.6 Å². The van der Waals surface area contributed by atoms with Crippen LogP contribution in [0.3, 0.4) is 0 Å². The first-order valence-electron chi connectivity index (χ1n) is 14.0. The number of nitrogens with two attached hydrogens (primary N) is 1. The fraction of sp³-hybridized carbons (Fsp3) is 0.379. The van der Waals surface area contributed by atoms with E-state index in [2.05, 4.69) is 76.3 Å². The van der Waals surface area contributed by atoms with Crippen LogP contribution in [0.5, 0.6) is 0 Å². The van der Waals surface area contributed by atoms with E-state index in [1.165, 1.54) is 44.5 Å². The highest BCUT2D eigenvalue weighted by Crippen LogP contribution is 2.47. The molecular formula is C29H31N9S2. The van der Waals surface area contributed by atoms with Gasteiger partial charge in [-0.25, -0.2) is 9.97 Å². The van der Waals surface area contributed by atoms with E-state index in [0.717, 1.165) is 57.3 Å². The number of hydrogen-bond donors (Lipinski definition) is 2. The third-order valence-corrected chi connectivity index (χ3v) is 10.7. The average molecular weight is 570 g/mol. The zero-order chi connectivity index (χ0) is 26.6. The highest BCUT2D eigenvalue weighted by Gasteiger charge is 2.42. The number of piperazine rings is 1. The number of fused-ring (bicyclic) bond motifs is 3. The molecule has 3 aliphatic rings. The summed E-state index contributed by atoms with van der Waals surface area (Å²) in [4.78, 5) is 20.8. The van der Waals surface area contributed by atoms with Gasteiger partial charge in [-0.05, 0) is 66.8 Å². The fourth-order valence-electron chi connectivity index (χ4n) is 7.02. The van der Waals surface area contributed by atoms with Crippen LogP contribution in [0, 0.1) is 11.8 Å². The molecule has 4 aromatic heterocycles. The van der Waals surface area contributed by atoms with E-state index in [0.29, 0.717) is 11.8 Å². The molecule has 11 heteroatoms. The molecule has 2 saturated carbocycles. The lowest BCUT2D eigenvalue weighted by Crippen LogP contribution is -2.51. The molecule has 40 heavy (non-hydrogen) atoms. The van der Waals surface area contributed by atoms with Crippen molar-refractivity contribution in [3.8, 4) is 16.3 Å². The fourth-order valence-corrected chi connectivity index (χ4v) is 8.75. The Bertz CT molecular complexity index is 1630. The largest absolute Gasteiger partial charge is 0.369 e. The summed E-state index contributed by atoms with van der Waals surface area (Å²) in [7, 11) is 0. The van der Waals surface area contributed by atoms with Gasteiger partial charge >= 0.3 is 0 Å². The van der Waals surface area contributed by atoms with Crippen LogP contribution < -0.4 is 16.0 Å². The summed E-state index contributed by atoms with van der Waals surface area (Å²) in [6.07, 6.45) is 7.39. The lowest BCUT2D eigenvalue weighted by Gasteiger charge is -2.41. The van der Waals surface area contributed by atoms with Crippen LogP contribution in [0.4, 0.5) is 23.3 Å². The van der Waals surface area contributed by atoms with Crippen molar-refractivity contribution >= 4 is 56.2 Å². The molecule has 1 saturated heterocycles. The number of hydrogen-bond acceptors (Lipinski definition) is 10. The van der Waals surface area contributed by atoms with Crippen LogP contribution in [0.1, 0.15) is 25.7 Å². The Morgan fingerprint density at radius 2 is 1.82 bits per heavy atom. The second kappa shape index (κ2) is 9.83. The van der Waals surface area contributed by atoms with Crippen LogP contribution in [0.2, 0.25) is 0 Å². The van der Waals surface area contributed by atoms with Crippen LogP contribution in [-0.4, -0.2) is 61.9 Å². The molecule has 3 unspecified atom stereocenters. The van der Waals surface area contributed by atoms with Gasteiger partial charge in [0.25, 0.3) is 0 Å². The van der Waals surface area contributed by atoms with Gasteiger partial charge in [0.1, 0.15) is 11.2 Å². The first-order valence-corrected chi connectivity index (χ1v) is 15.8. The lowest BCUT2D eigenvalue weighted by molar-refractivity contribution is 0.135. The van der Waals surface area contributed by atoms with Gasteiger partial charge in [-0.1, -0.05) is 12.5 Å². The molecule has 0 radical (unpaired) electrons. The summed E-state index contributed by atoms with van der Waals surface area (Å²) in [5, 5.41) is 13.1. The third-order valence-electron chi connectivity index (χ3n) is 8.94. The van der Waals surface area contributed by atoms with E-state index < -0.39 is 0 Å². The molecule has 3 atom stereocenters. The summed E-state index contributed by atoms with van der Waals surface area (Å²) >= 11 is 3.28. The van der Waals surface area contributed by atoms with Crippen molar-refractivity contribution in [3.63, 3.8) is 0 Å². The van der Waals surface area contributed by atoms with Crippen molar-refractivity contribution in [2.45, 2.75) is 31.7 Å². The molecule has 8 rings (SSSR count). The van der Waals surface area contributed by atoms with Crippen LogP contribution in [0.15, 0.2) is 53.5 Å². The number of thiophene rings is 2. The van der Waals surface area contributed by atoms with Gasteiger partial charge in [-0.3, -0.25) is 4.90 Å². The summed E-state index contributed by atoms with van der Waals surface area (Å²) in [5.74, 6) is 3.31. The van der Waals surface area contributed by atoms with Crippen LogP contribution >= 0.6 is 22.7 Å². The van der Waals surface area contributed by atoms with E-state index in [1.807, 2.05) is 6.07 Å². The van der Waals surface area contributed by atoms with Gasteiger partial charge < -0.3 is 16.0 Å². The molecule has 0 spiro atoms. The van der Waals surface area contributed by atoms with E-state index in [4.69, 9.17) is 5.73 Å². The maximum absolute atomic E-state index is 6.34. The third kappa shape index (κ3) is 4.23. The number of nitrogen functional groups attached to an aromatic ring is 1. The quantitative estimate of drug-likeness (QED) is 0.271. The lowest BCUT2D eigenvalue weighted by atomic mass is 9.93. The Hall–Kier alpha value is -3.54. The van der Waals surface area contributed by atoms with E-state index in [-0.39, 0.29) is 5.95 Å². The smallest absolute Gasteiger partial charge is 0.248 e. The second-order valence-corrected chi connectivity index (χ2v) is 13.0. The predicted octanol–water partition coefficient (Wildman–Crippen LogP) is 5.64. The molecule has 1 aliphatic heterocycles. The summed E-state index contributed by atoms with van der Waals surface area (Å²) in [5.41, 5.74) is 9.61. The number of aromatic nitrogens is 5. The Morgan fingerprint density at radius 3 is 2.58 bits per heavy atom. The molecule has 5 aromatic rings. The monoisotopic (exact) mass is 569 g/mol. The average Bonchev–Trinajstić information content (AvgIpc) is 3.82. The second-order valence-electron chi connectivity index (χ2n) is 11.1. The first-order chi connectivity index (χ1) is 19.7. The first kappa shape index (κ1) is 24.3. The summed E-state index contributed by atoms with van der Waals surface area (Å²) in [6.45, 7) is 4.52. The number of nitrogens with zero attached hydrogens (tertiary/aromatic N) is 7. The molecule has 2 aliphatic carbocycles. The number of nitrogens with one attached hydrogen (secondary N) is 1. The van der Waals surface area contributed by atoms with Crippen molar-refractivity contribution < 1.29 is 0 Å². The normalized spacial score (nSPS) is 22.9. The molecule has 3 N–H and O–H groups in total. The Morgan fingerprint density at radius 1 is 0.950 bits per heavy atom. The van der Waals surface area contributed by atoms with E-state index >= 15 is 0 Å². The molecule has 1 aromatic carbocycles. The zero-order valence-corrected chi connectivity index (χ0v) is 23.7. The molecule has 204 valence electrons. The van der Waals surface area contributed by atoms with Crippen molar-refractivity contribution in [2.24, 2.45) is 11.8 Å². The molecule has 3 fully saturated rings. The molecule has 9 nitrogen and oxygen atoms in total. The zero-order valence-electron chi connectivity index (χ0n) is 22.1. The minimum absolute atomic E-state index is 0.274. The van der Waals surface area contributed by atoms with Gasteiger partial charge in [0.05, 0.1) is 5.39 Å². The Labute approximate surface area is 240 Å². The maximum Gasteiger partial charge on any atom is 0.248 e. The standard InChI is InChI=1S/C29H31N9S2/c30-28-34-29(35-38(28)26-25-22(24-2-1-13-39-24)16-40-27(25)32-17-31-26)33-20-5-7-21(8-6-20)36-9-11-37(12-10-36)23-15-18-3-4-19(23)14-18/h1-2,5-8,13,16-19,23H,3-4,9-12,14-15H2,(H3,30,33,34,35). The van der Waals surface area contributed by atoms with E-state index in [9.17, 15) is 0 Å². The highest BCUT2D eigenvalue weighted by atomic mass is 32.1. The van der Waals surface area contributed by atoms with Gasteiger partial charge in [0.2, 0.25) is 11.9 Å². The van der Waals surface area contributed by atoms with Crippen molar-refractivity contribution in [2.75, 3.05) is 42.1 Å². The Kier molecular flexibility index (Phi) is 5.96. The van der Waals surface area contributed by atoms with Crippen molar-refractivity contribution in [1.29, 1.82) is 0 Å². The van der Waals surface area contributed by atoms with Gasteiger partial charge in [-0.2, -0.15) is 9.67 Å². The van der Waals surface area contributed by atoms with Gasteiger partial charge in [0.15, 0.2) is 5.82 Å². The van der Waals surface area contributed by atoms with Crippen LogP contribution in [-0.2, 0) is 0 Å². The van der Waals surface area contributed by atoms with Gasteiger partial charge in [-0.15, -0.1) is 27.8 Å². The molecule has 0 amide bonds. The minimum Gasteiger partial charge on any atom is -0.369 e. The molecule has 2 bridgehead atoms. The Balaban J connectivity index is 0.970. The molecule has 5 heterocycles. The minimum atomic E-state index is 0.274. The highest BCUT2D eigenvalue weighted by molar-refractivity contribution is 7.18. The number of anilines is 4. The molecular weight excluding hydrogens is 539 g/mol. The van der Waals surface area contributed by atoms with Gasteiger partial charge in [0, 0.05) is 59.4 Å². The van der Waals surface area contributed by atoms with E-state index in [1.54, 1.807) is 33.7 Å². The predicted molar refractivity (Wildman–Crippen MR) is 163 cm³/mol.